The average Bonchev–Trinajstić information content (AvgIpc) is 3.26. The molecule has 3 aromatic carbocycles. The third-order valence-corrected chi connectivity index (χ3v) is 5.87. The molecule has 1 aromatic heterocycles. The highest BCUT2D eigenvalue weighted by Gasteiger charge is 2.33. The average molecular weight is 452 g/mol. The van der Waals surface area contributed by atoms with Gasteiger partial charge >= 0.3 is 0 Å². The van der Waals surface area contributed by atoms with E-state index in [9.17, 15) is 4.79 Å². The largest absolute Gasteiger partial charge is 0.489 e. The fourth-order valence-corrected chi connectivity index (χ4v) is 4.09. The number of rotatable bonds is 6. The van der Waals surface area contributed by atoms with Crippen LogP contribution in [0.3, 0.4) is 0 Å². The van der Waals surface area contributed by atoms with E-state index in [4.69, 9.17) is 15.6 Å². The van der Waals surface area contributed by atoms with Crippen molar-refractivity contribution in [3.63, 3.8) is 0 Å². The SMILES string of the molecule is CC1=C(C(N)=O)C(c2ccc(OCc3ccccc3)cc2)n2nc(-c3ccc(C)cc3)nc2N1. The molecule has 1 aliphatic heterocycles. The molecule has 0 aliphatic carbocycles. The molecule has 0 fully saturated rings. The Morgan fingerprint density at radius 1 is 1.00 bits per heavy atom. The number of ether oxygens (including phenoxy) is 1. The van der Waals surface area contributed by atoms with Crippen molar-refractivity contribution in [1.29, 1.82) is 0 Å². The maximum absolute atomic E-state index is 12.4. The number of nitrogens with zero attached hydrogens (tertiary/aromatic N) is 3. The highest BCUT2D eigenvalue weighted by molar-refractivity contribution is 5.95. The third kappa shape index (κ3) is 4.15. The number of carbonyl (C=O) groups excluding carboxylic acids is 1. The van der Waals surface area contributed by atoms with E-state index in [2.05, 4.69) is 10.3 Å². The predicted octanol–water partition coefficient (Wildman–Crippen LogP) is 4.61. The highest BCUT2D eigenvalue weighted by atomic mass is 16.5. The van der Waals surface area contributed by atoms with Crippen LogP contribution in [0.2, 0.25) is 0 Å². The van der Waals surface area contributed by atoms with Crippen LogP contribution in [0.1, 0.15) is 29.7 Å². The van der Waals surface area contributed by atoms with Crippen molar-refractivity contribution in [3.05, 3.63) is 107 Å². The highest BCUT2D eigenvalue weighted by Crippen LogP contribution is 2.36. The van der Waals surface area contributed by atoms with Gasteiger partial charge in [-0.25, -0.2) is 4.68 Å². The quantitative estimate of drug-likeness (QED) is 0.447. The first-order valence-corrected chi connectivity index (χ1v) is 11.1. The Labute approximate surface area is 197 Å². The Balaban J connectivity index is 1.47. The van der Waals surface area contributed by atoms with E-state index in [1.165, 1.54) is 0 Å². The van der Waals surface area contributed by atoms with E-state index < -0.39 is 11.9 Å². The van der Waals surface area contributed by atoms with E-state index in [0.717, 1.165) is 28.0 Å². The van der Waals surface area contributed by atoms with Gasteiger partial charge in [-0.2, -0.15) is 4.98 Å². The van der Waals surface area contributed by atoms with E-state index in [0.29, 0.717) is 29.6 Å². The number of benzene rings is 3. The van der Waals surface area contributed by atoms with Gasteiger partial charge in [-0.3, -0.25) is 4.79 Å². The van der Waals surface area contributed by atoms with Gasteiger partial charge in [0.1, 0.15) is 18.4 Å². The molecular formula is C27H25N5O2. The smallest absolute Gasteiger partial charge is 0.248 e. The number of aromatic nitrogens is 3. The van der Waals surface area contributed by atoms with Gasteiger partial charge in [-0.05, 0) is 37.1 Å². The Hall–Kier alpha value is -4.39. The first-order valence-electron chi connectivity index (χ1n) is 11.1. The summed E-state index contributed by atoms with van der Waals surface area (Å²) in [5.74, 6) is 1.38. The number of hydrogen-bond acceptors (Lipinski definition) is 5. The van der Waals surface area contributed by atoms with Crippen molar-refractivity contribution in [2.24, 2.45) is 5.73 Å². The van der Waals surface area contributed by atoms with Gasteiger partial charge in [0.2, 0.25) is 11.9 Å². The van der Waals surface area contributed by atoms with Gasteiger partial charge < -0.3 is 15.8 Å². The standard InChI is InChI=1S/C27H25N5O2/c1-17-8-10-21(11-9-17)26-30-27-29-18(2)23(25(28)33)24(32(27)31-26)20-12-14-22(15-13-20)34-16-19-6-4-3-5-7-19/h3-15,24H,16H2,1-2H3,(H2,28,33)(H,29,30,31). The second-order valence-electron chi connectivity index (χ2n) is 8.34. The van der Waals surface area contributed by atoms with Gasteiger partial charge in [0.25, 0.3) is 0 Å². The number of amides is 1. The number of carbonyl (C=O) groups is 1. The third-order valence-electron chi connectivity index (χ3n) is 5.87. The maximum Gasteiger partial charge on any atom is 0.248 e. The molecule has 170 valence electrons. The minimum absolute atomic E-state index is 0.450. The Morgan fingerprint density at radius 3 is 2.38 bits per heavy atom. The minimum atomic E-state index is -0.502. The Kier molecular flexibility index (Phi) is 5.59. The fourth-order valence-electron chi connectivity index (χ4n) is 4.09. The van der Waals surface area contributed by atoms with Crippen LogP contribution < -0.4 is 15.8 Å². The second-order valence-corrected chi connectivity index (χ2v) is 8.34. The lowest BCUT2D eigenvalue weighted by atomic mass is 9.95. The summed E-state index contributed by atoms with van der Waals surface area (Å²) in [4.78, 5) is 17.1. The zero-order chi connectivity index (χ0) is 23.7. The van der Waals surface area contributed by atoms with Crippen molar-refractivity contribution in [1.82, 2.24) is 14.8 Å². The summed E-state index contributed by atoms with van der Waals surface area (Å²) in [5.41, 5.74) is 10.9. The molecular weight excluding hydrogens is 426 g/mol. The minimum Gasteiger partial charge on any atom is -0.489 e. The zero-order valence-corrected chi connectivity index (χ0v) is 19.0. The molecule has 0 saturated heterocycles. The van der Waals surface area contributed by atoms with Crippen molar-refractivity contribution in [3.8, 4) is 17.1 Å². The number of primary amides is 1. The molecule has 0 spiro atoms. The summed E-state index contributed by atoms with van der Waals surface area (Å²) in [6, 6.07) is 25.2. The molecule has 2 heterocycles. The zero-order valence-electron chi connectivity index (χ0n) is 19.0. The van der Waals surface area contributed by atoms with Crippen molar-refractivity contribution in [2.75, 3.05) is 5.32 Å². The molecule has 7 heteroatoms. The lowest BCUT2D eigenvalue weighted by Gasteiger charge is -2.27. The summed E-state index contributed by atoms with van der Waals surface area (Å²) >= 11 is 0. The molecule has 0 radical (unpaired) electrons. The van der Waals surface area contributed by atoms with E-state index in [-0.39, 0.29) is 0 Å². The Morgan fingerprint density at radius 2 is 1.71 bits per heavy atom. The van der Waals surface area contributed by atoms with E-state index >= 15 is 0 Å². The van der Waals surface area contributed by atoms with Crippen LogP contribution in [0.5, 0.6) is 5.75 Å². The van der Waals surface area contributed by atoms with Crippen molar-refractivity contribution in [2.45, 2.75) is 26.5 Å². The van der Waals surface area contributed by atoms with Crippen LogP contribution in [0.15, 0.2) is 90.1 Å². The van der Waals surface area contributed by atoms with Crippen molar-refractivity contribution >= 4 is 11.9 Å². The van der Waals surface area contributed by atoms with Crippen LogP contribution in [0, 0.1) is 6.92 Å². The second kappa shape index (κ2) is 8.86. The summed E-state index contributed by atoms with van der Waals surface area (Å²) in [5, 5.41) is 7.93. The molecule has 34 heavy (non-hydrogen) atoms. The molecule has 1 aliphatic rings. The van der Waals surface area contributed by atoms with Crippen LogP contribution in [0.4, 0.5) is 5.95 Å². The lowest BCUT2D eigenvalue weighted by Crippen LogP contribution is -2.31. The molecule has 0 bridgehead atoms. The molecule has 7 nitrogen and oxygen atoms in total. The van der Waals surface area contributed by atoms with Gasteiger partial charge in [0.05, 0.1) is 5.57 Å². The molecule has 0 saturated carbocycles. The number of aryl methyl sites for hydroxylation is 1. The van der Waals surface area contributed by atoms with Crippen LogP contribution in [-0.4, -0.2) is 20.7 Å². The number of allylic oxidation sites excluding steroid dienone is 1. The van der Waals surface area contributed by atoms with E-state index in [1.807, 2.05) is 92.7 Å². The molecule has 4 aromatic rings. The summed E-state index contributed by atoms with van der Waals surface area (Å²) < 4.78 is 7.64. The van der Waals surface area contributed by atoms with Gasteiger partial charge in [0.15, 0.2) is 5.82 Å². The van der Waals surface area contributed by atoms with Gasteiger partial charge in [-0.1, -0.05) is 72.3 Å². The van der Waals surface area contributed by atoms with Crippen LogP contribution >= 0.6 is 0 Å². The normalized spacial score (nSPS) is 14.9. The molecule has 1 amide bonds. The molecule has 1 atom stereocenters. The molecule has 1 unspecified atom stereocenters. The number of fused-ring (bicyclic) bond motifs is 1. The fraction of sp³-hybridized carbons (Fsp3) is 0.148. The number of hydrogen-bond donors (Lipinski definition) is 2. The number of anilines is 1. The lowest BCUT2D eigenvalue weighted by molar-refractivity contribution is -0.115. The van der Waals surface area contributed by atoms with Gasteiger partial charge in [0, 0.05) is 11.3 Å². The summed E-state index contributed by atoms with van der Waals surface area (Å²) in [7, 11) is 0. The first kappa shape index (κ1) is 21.5. The summed E-state index contributed by atoms with van der Waals surface area (Å²) in [6.45, 7) is 4.34. The number of nitrogens with one attached hydrogen (secondary N) is 1. The van der Waals surface area contributed by atoms with Crippen LogP contribution in [0.25, 0.3) is 11.4 Å². The van der Waals surface area contributed by atoms with Crippen LogP contribution in [-0.2, 0) is 11.4 Å². The summed E-state index contributed by atoms with van der Waals surface area (Å²) in [6.07, 6.45) is 0. The number of nitrogens with two attached hydrogens (primary N) is 1. The molecule has 5 rings (SSSR count). The van der Waals surface area contributed by atoms with Crippen molar-refractivity contribution < 1.29 is 9.53 Å². The monoisotopic (exact) mass is 451 g/mol. The maximum atomic E-state index is 12.4. The predicted molar refractivity (Wildman–Crippen MR) is 131 cm³/mol. The first-order chi connectivity index (χ1) is 16.5. The Bertz CT molecular complexity index is 1360. The van der Waals surface area contributed by atoms with Gasteiger partial charge in [-0.15, -0.1) is 5.10 Å². The molecule has 3 N–H and O–H groups in total. The van der Waals surface area contributed by atoms with E-state index in [1.54, 1.807) is 4.68 Å². The topological polar surface area (TPSA) is 95.1 Å².